The number of anilines is 1. The van der Waals surface area contributed by atoms with Crippen molar-refractivity contribution in [2.24, 2.45) is 5.73 Å². The summed E-state index contributed by atoms with van der Waals surface area (Å²) in [5, 5.41) is 2.78. The minimum Gasteiger partial charge on any atom is -0.494 e. The number of halogens is 3. The Kier molecular flexibility index (Phi) is 12.4. The molecular formula is C43H42F3N5O6. The van der Waals surface area contributed by atoms with Gasteiger partial charge < -0.3 is 34.9 Å². The van der Waals surface area contributed by atoms with E-state index in [2.05, 4.69) is 10.2 Å². The van der Waals surface area contributed by atoms with E-state index in [1.807, 2.05) is 44.4 Å². The summed E-state index contributed by atoms with van der Waals surface area (Å²) in [5.74, 6) is -1.32. The first-order chi connectivity index (χ1) is 27.2. The molecule has 0 bridgehead atoms. The quantitative estimate of drug-likeness (QED) is 0.110. The topological polar surface area (TPSA) is 138 Å². The molecule has 4 aromatic carbocycles. The summed E-state index contributed by atoms with van der Waals surface area (Å²) in [6.45, 7) is 0.816. The Morgan fingerprint density at radius 3 is 2.35 bits per heavy atom. The number of nitrogens with two attached hydrogens (primary N) is 1. The summed E-state index contributed by atoms with van der Waals surface area (Å²) in [4.78, 5) is 57.5. The van der Waals surface area contributed by atoms with Crippen LogP contribution in [0.5, 0.6) is 5.75 Å². The Morgan fingerprint density at radius 1 is 0.930 bits per heavy atom. The van der Waals surface area contributed by atoms with Gasteiger partial charge in [0.15, 0.2) is 5.76 Å². The van der Waals surface area contributed by atoms with E-state index in [4.69, 9.17) is 14.9 Å². The van der Waals surface area contributed by atoms with Gasteiger partial charge >= 0.3 is 6.18 Å². The second-order valence-corrected chi connectivity index (χ2v) is 14.1. The van der Waals surface area contributed by atoms with Crippen molar-refractivity contribution in [2.75, 3.05) is 39.1 Å². The predicted molar refractivity (Wildman–Crippen MR) is 206 cm³/mol. The molecule has 6 rings (SSSR count). The van der Waals surface area contributed by atoms with E-state index in [0.717, 1.165) is 41.1 Å². The summed E-state index contributed by atoms with van der Waals surface area (Å²) in [6, 6.07) is 26.6. The van der Waals surface area contributed by atoms with E-state index in [0.29, 0.717) is 35.6 Å². The van der Waals surface area contributed by atoms with E-state index in [1.54, 1.807) is 47.4 Å². The van der Waals surface area contributed by atoms with Gasteiger partial charge in [0.2, 0.25) is 5.91 Å². The van der Waals surface area contributed by atoms with Crippen molar-refractivity contribution in [3.63, 3.8) is 0 Å². The molecule has 14 heteroatoms. The molecule has 1 aromatic heterocycles. The zero-order valence-electron chi connectivity index (χ0n) is 31.4. The van der Waals surface area contributed by atoms with Crippen LogP contribution in [0.3, 0.4) is 0 Å². The molecule has 4 amide bonds. The van der Waals surface area contributed by atoms with Crippen LogP contribution in [0.25, 0.3) is 0 Å². The number of nitrogens with zero attached hydrogens (tertiary/aromatic N) is 3. The zero-order valence-corrected chi connectivity index (χ0v) is 31.4. The second-order valence-electron chi connectivity index (χ2n) is 14.1. The Hall–Kier alpha value is -6.41. The van der Waals surface area contributed by atoms with Crippen LogP contribution in [-0.4, -0.2) is 72.1 Å². The Morgan fingerprint density at radius 2 is 1.68 bits per heavy atom. The summed E-state index contributed by atoms with van der Waals surface area (Å²) in [5.41, 5.74) is 8.12. The van der Waals surface area contributed by atoms with Crippen molar-refractivity contribution in [3.8, 4) is 5.75 Å². The summed E-state index contributed by atoms with van der Waals surface area (Å²) < 4.78 is 51.2. The molecule has 0 radical (unpaired) electrons. The van der Waals surface area contributed by atoms with Gasteiger partial charge in [-0.25, -0.2) is 0 Å². The van der Waals surface area contributed by atoms with Crippen LogP contribution in [0.15, 0.2) is 114 Å². The molecule has 1 unspecified atom stereocenters. The minimum absolute atomic E-state index is 0.126. The lowest BCUT2D eigenvalue weighted by Gasteiger charge is -2.37. The maximum atomic E-state index is 14.4. The molecule has 1 atom stereocenters. The number of furan rings is 1. The number of carbonyl (C=O) groups is 4. The van der Waals surface area contributed by atoms with Gasteiger partial charge in [-0.3, -0.25) is 19.2 Å². The smallest absolute Gasteiger partial charge is 0.416 e. The number of alkyl halides is 3. The first-order valence-electron chi connectivity index (χ1n) is 18.2. The van der Waals surface area contributed by atoms with E-state index in [9.17, 15) is 32.3 Å². The van der Waals surface area contributed by atoms with E-state index < -0.39 is 36.0 Å². The maximum Gasteiger partial charge on any atom is 0.416 e. The SMILES string of the molecule is CN(C)CCCOc1ccc(C2Cc3ccc(NC(=O)c4ccco4)cc3C(=O)N2Cc2ccc(C(=O)N(CC(N)=O)Cc3cccc(C(F)(F)F)c3)cc2)cc1. The monoisotopic (exact) mass is 781 g/mol. The summed E-state index contributed by atoms with van der Waals surface area (Å²) in [7, 11) is 4.01. The van der Waals surface area contributed by atoms with E-state index in [-0.39, 0.29) is 41.9 Å². The normalized spacial score (nSPS) is 14.0. The van der Waals surface area contributed by atoms with Gasteiger partial charge in [-0.1, -0.05) is 42.5 Å². The van der Waals surface area contributed by atoms with Gasteiger partial charge in [0, 0.05) is 36.4 Å². The number of hydrogen-bond donors (Lipinski definition) is 2. The molecule has 1 aliphatic heterocycles. The largest absolute Gasteiger partial charge is 0.494 e. The highest BCUT2D eigenvalue weighted by Crippen LogP contribution is 2.37. The van der Waals surface area contributed by atoms with Gasteiger partial charge in [0.25, 0.3) is 17.7 Å². The average Bonchev–Trinajstić information content (AvgIpc) is 3.73. The fourth-order valence-electron chi connectivity index (χ4n) is 6.67. The molecule has 296 valence electrons. The van der Waals surface area contributed by atoms with Crippen LogP contribution in [0.1, 0.15) is 71.6 Å². The lowest BCUT2D eigenvalue weighted by Crippen LogP contribution is -2.40. The van der Waals surface area contributed by atoms with Crippen molar-refractivity contribution >= 4 is 29.3 Å². The van der Waals surface area contributed by atoms with Gasteiger partial charge in [-0.05, 0) is 110 Å². The standard InChI is InChI=1S/C43H42F3N5O6/c1-49(2)19-5-21-56-35-17-14-30(15-18-35)37-23-32-13-16-34(48-40(53)38-8-4-20-57-38)24-36(32)42(55)51(37)26-28-9-11-31(12-10-28)41(54)50(27-39(47)52)25-29-6-3-7-33(22-29)43(44,45)46/h3-4,6-18,20,22,24,37H,5,19,21,23,25-27H2,1-2H3,(H2,47,52)(H,48,53). The number of amides is 4. The van der Waals surface area contributed by atoms with E-state index >= 15 is 0 Å². The number of benzene rings is 4. The first-order valence-corrected chi connectivity index (χ1v) is 18.2. The van der Waals surface area contributed by atoms with Gasteiger partial charge in [-0.15, -0.1) is 0 Å². The molecule has 0 saturated carbocycles. The van der Waals surface area contributed by atoms with E-state index in [1.165, 1.54) is 24.5 Å². The van der Waals surface area contributed by atoms with Crippen LogP contribution in [-0.2, 0) is 30.5 Å². The third-order valence-electron chi connectivity index (χ3n) is 9.49. The molecule has 0 aliphatic carbocycles. The molecule has 57 heavy (non-hydrogen) atoms. The minimum atomic E-state index is -4.58. The van der Waals surface area contributed by atoms with Crippen molar-refractivity contribution < 1.29 is 41.5 Å². The molecule has 2 heterocycles. The van der Waals surface area contributed by atoms with Crippen LogP contribution in [0.4, 0.5) is 18.9 Å². The Balaban J connectivity index is 1.24. The number of ether oxygens (including phenoxy) is 1. The third kappa shape index (κ3) is 10.3. The second kappa shape index (κ2) is 17.6. The predicted octanol–water partition coefficient (Wildman–Crippen LogP) is 6.95. The highest BCUT2D eigenvalue weighted by Gasteiger charge is 2.34. The van der Waals surface area contributed by atoms with Crippen molar-refractivity contribution in [2.45, 2.75) is 38.1 Å². The van der Waals surface area contributed by atoms with Crippen molar-refractivity contribution in [1.29, 1.82) is 0 Å². The summed E-state index contributed by atoms with van der Waals surface area (Å²) >= 11 is 0. The van der Waals surface area contributed by atoms with Gasteiger partial charge in [-0.2, -0.15) is 13.2 Å². The number of carbonyl (C=O) groups excluding carboxylic acids is 4. The lowest BCUT2D eigenvalue weighted by atomic mass is 9.88. The number of nitrogens with one attached hydrogen (secondary N) is 1. The third-order valence-corrected chi connectivity index (χ3v) is 9.49. The van der Waals surface area contributed by atoms with Crippen LogP contribution >= 0.6 is 0 Å². The number of primary amides is 1. The molecule has 0 fully saturated rings. The Labute approximate surface area is 327 Å². The molecule has 3 N–H and O–H groups in total. The molecular weight excluding hydrogens is 739 g/mol. The lowest BCUT2D eigenvalue weighted by molar-refractivity contribution is -0.137. The summed E-state index contributed by atoms with van der Waals surface area (Å²) in [6.07, 6.45) is -1.84. The zero-order chi connectivity index (χ0) is 40.7. The fraction of sp³-hybridized carbons (Fsp3) is 0.256. The number of rotatable bonds is 15. The number of fused-ring (bicyclic) bond motifs is 1. The van der Waals surface area contributed by atoms with Gasteiger partial charge in [0.1, 0.15) is 5.75 Å². The maximum absolute atomic E-state index is 14.4. The Bertz CT molecular complexity index is 2210. The van der Waals surface area contributed by atoms with Crippen LogP contribution in [0.2, 0.25) is 0 Å². The fourth-order valence-corrected chi connectivity index (χ4v) is 6.67. The molecule has 0 spiro atoms. The van der Waals surface area contributed by atoms with Gasteiger partial charge in [0.05, 0.1) is 31.0 Å². The highest BCUT2D eigenvalue weighted by molar-refractivity contribution is 6.04. The highest BCUT2D eigenvalue weighted by atomic mass is 19.4. The van der Waals surface area contributed by atoms with Crippen LogP contribution < -0.4 is 15.8 Å². The molecule has 1 aliphatic rings. The van der Waals surface area contributed by atoms with Crippen molar-refractivity contribution in [1.82, 2.24) is 14.7 Å². The molecule has 5 aromatic rings. The molecule has 11 nitrogen and oxygen atoms in total. The molecule has 0 saturated heterocycles. The average molecular weight is 782 g/mol. The first kappa shape index (κ1) is 40.3. The van der Waals surface area contributed by atoms with Crippen LogP contribution in [0, 0.1) is 0 Å². The van der Waals surface area contributed by atoms with Crippen molar-refractivity contribution in [3.05, 3.63) is 154 Å². The number of hydrogen-bond acceptors (Lipinski definition) is 7.